The molecule has 0 N–H and O–H groups in total. The van der Waals surface area contributed by atoms with E-state index < -0.39 is 29.2 Å². The first-order chi connectivity index (χ1) is 11.1. The Labute approximate surface area is 140 Å². The number of carbonyl (C=O) groups excluding carboxylic acids is 3. The van der Waals surface area contributed by atoms with Gasteiger partial charge >= 0.3 is 11.9 Å². The van der Waals surface area contributed by atoms with Crippen molar-refractivity contribution in [2.24, 2.45) is 11.3 Å². The van der Waals surface area contributed by atoms with Crippen LogP contribution in [0.15, 0.2) is 22.8 Å². The lowest BCUT2D eigenvalue weighted by Gasteiger charge is -2.52. The highest BCUT2D eigenvalue weighted by Gasteiger charge is 2.62. The summed E-state index contributed by atoms with van der Waals surface area (Å²) in [4.78, 5) is 36.1. The minimum absolute atomic E-state index is 0.0257. The smallest absolute Gasteiger partial charge is 0.336 e. The summed E-state index contributed by atoms with van der Waals surface area (Å²) in [6, 6.07) is 0. The largest absolute Gasteiger partial charge is 0.454 e. The molecule has 2 aliphatic carbocycles. The fourth-order valence-corrected chi connectivity index (χ4v) is 4.49. The number of rotatable bonds is 2. The van der Waals surface area contributed by atoms with Crippen molar-refractivity contribution in [2.45, 2.75) is 52.4 Å². The van der Waals surface area contributed by atoms with E-state index in [1.807, 2.05) is 13.8 Å². The van der Waals surface area contributed by atoms with E-state index in [0.29, 0.717) is 12.0 Å². The number of allylic oxidation sites excluding steroid dienone is 1. The first-order valence-electron chi connectivity index (χ1n) is 8.02. The molecule has 0 aromatic carbocycles. The van der Waals surface area contributed by atoms with Crippen molar-refractivity contribution in [3.63, 3.8) is 0 Å². The van der Waals surface area contributed by atoms with Gasteiger partial charge in [-0.2, -0.15) is 0 Å². The second kappa shape index (κ2) is 5.28. The zero-order valence-electron chi connectivity index (χ0n) is 14.6. The maximum absolute atomic E-state index is 12.5. The molecule has 0 radical (unpaired) electrons. The van der Waals surface area contributed by atoms with E-state index in [1.165, 1.54) is 14.0 Å². The van der Waals surface area contributed by atoms with Gasteiger partial charge in [0.15, 0.2) is 11.9 Å². The molecule has 3 rings (SSSR count). The maximum Gasteiger partial charge on any atom is 0.336 e. The number of methoxy groups -OCH3 is 1. The molecule has 0 bridgehead atoms. The van der Waals surface area contributed by atoms with Gasteiger partial charge in [0, 0.05) is 37.0 Å². The molecule has 0 aromatic rings. The van der Waals surface area contributed by atoms with Crippen molar-refractivity contribution in [1.29, 1.82) is 0 Å². The summed E-state index contributed by atoms with van der Waals surface area (Å²) in [6.45, 7) is 6.82. The molecule has 3 aliphatic rings. The predicted octanol–water partition coefficient (Wildman–Crippen LogP) is 2.08. The number of ketones is 1. The van der Waals surface area contributed by atoms with Crippen LogP contribution >= 0.6 is 0 Å². The van der Waals surface area contributed by atoms with Crippen LogP contribution < -0.4 is 0 Å². The van der Waals surface area contributed by atoms with Crippen LogP contribution in [0, 0.1) is 11.3 Å². The van der Waals surface area contributed by atoms with E-state index in [4.69, 9.17) is 14.2 Å². The molecule has 0 saturated heterocycles. The van der Waals surface area contributed by atoms with Gasteiger partial charge in [0.25, 0.3) is 0 Å². The molecule has 6 nitrogen and oxygen atoms in total. The van der Waals surface area contributed by atoms with Crippen LogP contribution in [0.1, 0.15) is 40.5 Å². The summed E-state index contributed by atoms with van der Waals surface area (Å²) in [5, 5.41) is 0. The summed E-state index contributed by atoms with van der Waals surface area (Å²) in [7, 11) is 1.49. The zero-order chi connectivity index (χ0) is 17.9. The number of hydrogen-bond donors (Lipinski definition) is 0. The lowest BCUT2D eigenvalue weighted by atomic mass is 9.56. The second-order valence-electron chi connectivity index (χ2n) is 7.17. The predicted molar refractivity (Wildman–Crippen MR) is 83.7 cm³/mol. The van der Waals surface area contributed by atoms with Gasteiger partial charge in [0.1, 0.15) is 0 Å². The van der Waals surface area contributed by atoms with Crippen LogP contribution in [0.4, 0.5) is 0 Å². The van der Waals surface area contributed by atoms with Crippen LogP contribution in [-0.4, -0.2) is 36.7 Å². The lowest BCUT2D eigenvalue weighted by Crippen LogP contribution is -2.57. The van der Waals surface area contributed by atoms with Crippen molar-refractivity contribution < 1.29 is 28.6 Å². The molecule has 24 heavy (non-hydrogen) atoms. The Hall–Kier alpha value is -1.95. The SMILES string of the molecule is CO[C@]12C[C@@]3(C)[C@H](CC1=C(C)C(=O)O2)C(C)=CC(=O)[C@@H]3OC(C)=O. The number of esters is 2. The molecule has 1 saturated carbocycles. The van der Waals surface area contributed by atoms with Crippen LogP contribution in [0.5, 0.6) is 0 Å². The Morgan fingerprint density at radius 2 is 2.00 bits per heavy atom. The fraction of sp³-hybridized carbons (Fsp3) is 0.611. The summed E-state index contributed by atoms with van der Waals surface area (Å²) in [5.41, 5.74) is 1.61. The van der Waals surface area contributed by atoms with Gasteiger partial charge in [-0.3, -0.25) is 9.59 Å². The van der Waals surface area contributed by atoms with Crippen LogP contribution in [0.2, 0.25) is 0 Å². The summed E-state index contributed by atoms with van der Waals surface area (Å²) in [6.07, 6.45) is 1.45. The molecule has 1 aliphatic heterocycles. The van der Waals surface area contributed by atoms with Gasteiger partial charge in [-0.1, -0.05) is 12.5 Å². The minimum atomic E-state index is -1.18. The van der Waals surface area contributed by atoms with Gasteiger partial charge in [0.2, 0.25) is 5.79 Å². The van der Waals surface area contributed by atoms with Crippen molar-refractivity contribution in [2.75, 3.05) is 7.11 Å². The van der Waals surface area contributed by atoms with Crippen molar-refractivity contribution in [3.8, 4) is 0 Å². The van der Waals surface area contributed by atoms with E-state index in [9.17, 15) is 14.4 Å². The van der Waals surface area contributed by atoms with Crippen molar-refractivity contribution >= 4 is 17.7 Å². The average molecular weight is 334 g/mol. The Kier molecular flexibility index (Phi) is 3.71. The minimum Gasteiger partial charge on any atom is -0.454 e. The first kappa shape index (κ1) is 16.9. The Morgan fingerprint density at radius 3 is 2.58 bits per heavy atom. The van der Waals surface area contributed by atoms with Gasteiger partial charge in [0.05, 0.1) is 0 Å². The molecule has 1 heterocycles. The molecule has 0 spiro atoms. The summed E-state index contributed by atoms with van der Waals surface area (Å²) in [5.74, 6) is -2.34. The molecule has 0 aromatic heterocycles. The number of ether oxygens (including phenoxy) is 3. The van der Waals surface area contributed by atoms with Gasteiger partial charge < -0.3 is 14.2 Å². The normalized spacial score (nSPS) is 38.3. The van der Waals surface area contributed by atoms with E-state index in [2.05, 4.69) is 0 Å². The highest BCUT2D eigenvalue weighted by molar-refractivity contribution is 5.97. The maximum atomic E-state index is 12.5. The third-order valence-corrected chi connectivity index (χ3v) is 5.68. The van der Waals surface area contributed by atoms with Gasteiger partial charge in [-0.15, -0.1) is 0 Å². The van der Waals surface area contributed by atoms with Crippen LogP contribution in [0.25, 0.3) is 0 Å². The van der Waals surface area contributed by atoms with Crippen molar-refractivity contribution in [1.82, 2.24) is 0 Å². The highest BCUT2D eigenvalue weighted by Crippen LogP contribution is 2.58. The second-order valence-corrected chi connectivity index (χ2v) is 7.17. The molecule has 130 valence electrons. The Bertz CT molecular complexity index is 702. The molecule has 0 unspecified atom stereocenters. The summed E-state index contributed by atoms with van der Waals surface area (Å²) < 4.78 is 16.5. The third-order valence-electron chi connectivity index (χ3n) is 5.68. The molecule has 0 amide bonds. The monoisotopic (exact) mass is 334 g/mol. The standard InChI is InChI=1S/C18H22O6/c1-9-6-14(20)15(23-11(3)19)17(4)8-18(22-5)13(7-12(9)17)10(2)16(21)24-18/h6,12,15H,7-8H2,1-5H3/t12-,15+,17+,18+/m1/s1. The van der Waals surface area contributed by atoms with E-state index in [-0.39, 0.29) is 18.1 Å². The molecular weight excluding hydrogens is 312 g/mol. The number of fused-ring (bicyclic) bond motifs is 2. The number of hydrogen-bond acceptors (Lipinski definition) is 6. The van der Waals surface area contributed by atoms with Gasteiger partial charge in [-0.25, -0.2) is 4.79 Å². The highest BCUT2D eigenvalue weighted by atomic mass is 16.7. The summed E-state index contributed by atoms with van der Waals surface area (Å²) >= 11 is 0. The molecular formula is C18H22O6. The quantitative estimate of drug-likeness (QED) is 0.720. The van der Waals surface area contributed by atoms with Gasteiger partial charge in [-0.05, 0) is 32.3 Å². The van der Waals surface area contributed by atoms with Crippen LogP contribution in [0.3, 0.4) is 0 Å². The third kappa shape index (κ3) is 2.16. The Balaban J connectivity index is 2.12. The lowest BCUT2D eigenvalue weighted by molar-refractivity contribution is -0.225. The fourth-order valence-electron chi connectivity index (χ4n) is 4.49. The first-order valence-corrected chi connectivity index (χ1v) is 8.02. The van der Waals surface area contributed by atoms with E-state index in [1.54, 1.807) is 13.0 Å². The van der Waals surface area contributed by atoms with E-state index >= 15 is 0 Å². The number of carbonyl (C=O) groups is 3. The van der Waals surface area contributed by atoms with Crippen molar-refractivity contribution in [3.05, 3.63) is 22.8 Å². The average Bonchev–Trinajstić information content (AvgIpc) is 2.73. The van der Waals surface area contributed by atoms with E-state index in [0.717, 1.165) is 11.1 Å². The molecule has 6 heteroatoms. The topological polar surface area (TPSA) is 78.9 Å². The molecule has 1 fully saturated rings. The Morgan fingerprint density at radius 1 is 1.33 bits per heavy atom. The molecule has 4 atom stereocenters. The zero-order valence-corrected chi connectivity index (χ0v) is 14.6. The van der Waals surface area contributed by atoms with Crippen LogP contribution in [-0.2, 0) is 28.6 Å².